The molecular weight excluding hydrogens is 252 g/mol. The predicted molar refractivity (Wildman–Crippen MR) is 79.7 cm³/mol. The molecule has 1 aliphatic heterocycles. The monoisotopic (exact) mass is 274 g/mol. The molecule has 0 aliphatic carbocycles. The van der Waals surface area contributed by atoms with Gasteiger partial charge in [0.1, 0.15) is 0 Å². The first-order valence-electron chi connectivity index (χ1n) is 7.37. The van der Waals surface area contributed by atoms with Crippen LogP contribution in [0.25, 0.3) is 0 Å². The maximum absolute atomic E-state index is 12.4. The summed E-state index contributed by atoms with van der Waals surface area (Å²) in [4.78, 5) is 28.1. The molecule has 0 atom stereocenters. The van der Waals surface area contributed by atoms with Crippen LogP contribution in [0.3, 0.4) is 0 Å². The van der Waals surface area contributed by atoms with Gasteiger partial charge in [0.25, 0.3) is 0 Å². The molecule has 0 aromatic heterocycles. The lowest BCUT2D eigenvalue weighted by Crippen LogP contribution is -2.45. The van der Waals surface area contributed by atoms with Gasteiger partial charge in [-0.25, -0.2) is 0 Å². The summed E-state index contributed by atoms with van der Waals surface area (Å²) in [6.45, 7) is 5.94. The number of hydrogen-bond acceptors (Lipinski definition) is 2. The van der Waals surface area contributed by atoms with Gasteiger partial charge in [0.05, 0.1) is 0 Å². The molecule has 0 bridgehead atoms. The van der Waals surface area contributed by atoms with E-state index in [1.165, 1.54) is 0 Å². The fourth-order valence-electron chi connectivity index (χ4n) is 2.65. The topological polar surface area (TPSA) is 40.6 Å². The molecule has 0 saturated carbocycles. The zero-order valence-electron chi connectivity index (χ0n) is 12.3. The minimum absolute atomic E-state index is 0.370. The summed E-state index contributed by atoms with van der Waals surface area (Å²) in [5.74, 6) is -0.762. The maximum atomic E-state index is 12.4. The first-order chi connectivity index (χ1) is 9.69. The van der Waals surface area contributed by atoms with E-state index in [-0.39, 0.29) is 5.91 Å². The van der Waals surface area contributed by atoms with Crippen LogP contribution in [0.15, 0.2) is 24.3 Å². The van der Waals surface area contributed by atoms with Crippen LogP contribution >= 0.6 is 0 Å². The van der Waals surface area contributed by atoms with E-state index in [0.717, 1.165) is 30.5 Å². The molecule has 1 heterocycles. The van der Waals surface area contributed by atoms with Crippen molar-refractivity contribution < 1.29 is 9.59 Å². The smallest absolute Gasteiger partial charge is 0.316 e. The molecule has 0 radical (unpaired) electrons. The summed E-state index contributed by atoms with van der Waals surface area (Å²) in [6.07, 6.45) is 2.57. The largest absolute Gasteiger partial charge is 0.334 e. The summed E-state index contributed by atoms with van der Waals surface area (Å²) in [7, 11) is 0. The van der Waals surface area contributed by atoms with Crippen LogP contribution in [0, 0.1) is 0 Å². The second-order valence-electron chi connectivity index (χ2n) is 5.13. The average Bonchev–Trinajstić information content (AvgIpc) is 2.89. The zero-order valence-corrected chi connectivity index (χ0v) is 12.3. The number of carbonyl (C=O) groups is 2. The van der Waals surface area contributed by atoms with Crippen LogP contribution in [0.2, 0.25) is 0 Å². The number of nitrogens with zero attached hydrogens (tertiary/aromatic N) is 2. The molecule has 108 valence electrons. The number of benzene rings is 1. The van der Waals surface area contributed by atoms with E-state index in [4.69, 9.17) is 0 Å². The number of para-hydroxylation sites is 1. The van der Waals surface area contributed by atoms with Gasteiger partial charge in [-0.2, -0.15) is 0 Å². The van der Waals surface area contributed by atoms with Crippen LogP contribution in [-0.4, -0.2) is 36.3 Å². The molecule has 4 heteroatoms. The van der Waals surface area contributed by atoms with Gasteiger partial charge < -0.3 is 9.80 Å². The molecule has 0 spiro atoms. The number of anilines is 1. The molecule has 2 rings (SSSR count). The van der Waals surface area contributed by atoms with Crippen molar-refractivity contribution in [3.63, 3.8) is 0 Å². The Morgan fingerprint density at radius 2 is 1.80 bits per heavy atom. The second kappa shape index (κ2) is 6.55. The standard InChI is InChI=1S/C16H22N2O2/c1-3-10-17(11-4-2)15(19)16(20)18-12-9-13-7-5-6-8-14(13)18/h5-8H,3-4,9-12H2,1-2H3. The van der Waals surface area contributed by atoms with Gasteiger partial charge in [0.15, 0.2) is 0 Å². The Morgan fingerprint density at radius 3 is 2.45 bits per heavy atom. The number of carbonyl (C=O) groups excluding carboxylic acids is 2. The quantitative estimate of drug-likeness (QED) is 0.790. The van der Waals surface area contributed by atoms with Crippen molar-refractivity contribution in [2.24, 2.45) is 0 Å². The minimum atomic E-state index is -0.392. The van der Waals surface area contributed by atoms with Crippen LogP contribution < -0.4 is 4.90 Å². The van der Waals surface area contributed by atoms with E-state index in [1.807, 2.05) is 38.1 Å². The number of hydrogen-bond donors (Lipinski definition) is 0. The molecule has 4 nitrogen and oxygen atoms in total. The number of rotatable bonds is 4. The summed E-state index contributed by atoms with van der Waals surface area (Å²) in [5, 5.41) is 0. The van der Waals surface area contributed by atoms with E-state index in [1.54, 1.807) is 9.80 Å². The van der Waals surface area contributed by atoms with Crippen LogP contribution in [0.5, 0.6) is 0 Å². The maximum Gasteiger partial charge on any atom is 0.316 e. The lowest BCUT2D eigenvalue weighted by molar-refractivity contribution is -0.144. The Labute approximate surface area is 120 Å². The highest BCUT2D eigenvalue weighted by Gasteiger charge is 2.31. The molecular formula is C16H22N2O2. The van der Waals surface area contributed by atoms with Crippen LogP contribution in [0.1, 0.15) is 32.3 Å². The third-order valence-electron chi connectivity index (χ3n) is 3.59. The van der Waals surface area contributed by atoms with Crippen molar-refractivity contribution in [1.82, 2.24) is 4.90 Å². The Kier molecular flexibility index (Phi) is 4.77. The lowest BCUT2D eigenvalue weighted by Gasteiger charge is -2.24. The third-order valence-corrected chi connectivity index (χ3v) is 3.59. The Hall–Kier alpha value is -1.84. The van der Waals surface area contributed by atoms with Gasteiger partial charge >= 0.3 is 11.8 Å². The Bertz CT molecular complexity index is 493. The Morgan fingerprint density at radius 1 is 1.15 bits per heavy atom. The molecule has 0 N–H and O–H groups in total. The summed E-state index contributed by atoms with van der Waals surface area (Å²) < 4.78 is 0. The van der Waals surface area contributed by atoms with E-state index >= 15 is 0 Å². The predicted octanol–water partition coefficient (Wildman–Crippen LogP) is 2.22. The third kappa shape index (κ3) is 2.84. The van der Waals surface area contributed by atoms with Crippen molar-refractivity contribution in [3.8, 4) is 0 Å². The van der Waals surface area contributed by atoms with Crippen molar-refractivity contribution in [2.75, 3.05) is 24.5 Å². The first kappa shape index (κ1) is 14.6. The molecule has 20 heavy (non-hydrogen) atoms. The highest BCUT2D eigenvalue weighted by Crippen LogP contribution is 2.27. The summed E-state index contributed by atoms with van der Waals surface area (Å²) in [6, 6.07) is 7.81. The van der Waals surface area contributed by atoms with Gasteiger partial charge in [-0.1, -0.05) is 32.0 Å². The highest BCUT2D eigenvalue weighted by molar-refractivity contribution is 6.40. The summed E-state index contributed by atoms with van der Waals surface area (Å²) in [5.41, 5.74) is 2.03. The number of amides is 2. The van der Waals surface area contributed by atoms with Gasteiger partial charge in [0, 0.05) is 25.3 Å². The van der Waals surface area contributed by atoms with Gasteiger partial charge in [-0.15, -0.1) is 0 Å². The average molecular weight is 274 g/mol. The first-order valence-corrected chi connectivity index (χ1v) is 7.37. The molecule has 0 fully saturated rings. The van der Waals surface area contributed by atoms with Crippen LogP contribution in [-0.2, 0) is 16.0 Å². The number of fused-ring (bicyclic) bond motifs is 1. The van der Waals surface area contributed by atoms with Gasteiger partial charge in [-0.3, -0.25) is 9.59 Å². The fourth-order valence-corrected chi connectivity index (χ4v) is 2.65. The van der Waals surface area contributed by atoms with Crippen LogP contribution in [0.4, 0.5) is 5.69 Å². The second-order valence-corrected chi connectivity index (χ2v) is 5.13. The molecule has 0 unspecified atom stereocenters. The highest BCUT2D eigenvalue weighted by atomic mass is 16.2. The SMILES string of the molecule is CCCN(CCC)C(=O)C(=O)N1CCc2ccccc21. The molecule has 1 aromatic rings. The normalized spacial score (nSPS) is 13.2. The molecule has 1 aliphatic rings. The molecule has 1 aromatic carbocycles. The fraction of sp³-hybridized carbons (Fsp3) is 0.500. The van der Waals surface area contributed by atoms with Crippen molar-refractivity contribution in [1.29, 1.82) is 0 Å². The van der Waals surface area contributed by atoms with E-state index < -0.39 is 5.91 Å². The zero-order chi connectivity index (χ0) is 14.5. The van der Waals surface area contributed by atoms with Crippen molar-refractivity contribution in [2.45, 2.75) is 33.1 Å². The van der Waals surface area contributed by atoms with Crippen molar-refractivity contribution >= 4 is 17.5 Å². The van der Waals surface area contributed by atoms with Crippen molar-refractivity contribution in [3.05, 3.63) is 29.8 Å². The van der Waals surface area contributed by atoms with Gasteiger partial charge in [-0.05, 0) is 30.9 Å². The Balaban J connectivity index is 2.13. The van der Waals surface area contributed by atoms with E-state index in [0.29, 0.717) is 19.6 Å². The molecule has 2 amide bonds. The summed E-state index contributed by atoms with van der Waals surface area (Å²) >= 11 is 0. The minimum Gasteiger partial charge on any atom is -0.334 e. The van der Waals surface area contributed by atoms with E-state index in [2.05, 4.69) is 0 Å². The van der Waals surface area contributed by atoms with E-state index in [9.17, 15) is 9.59 Å². The molecule has 0 saturated heterocycles. The lowest BCUT2D eigenvalue weighted by atomic mass is 10.2. The van der Waals surface area contributed by atoms with Gasteiger partial charge in [0.2, 0.25) is 0 Å².